The average Bonchev–Trinajstić information content (AvgIpc) is 3.52. The molecule has 2 N–H and O–H groups in total. The minimum Gasteiger partial charge on any atom is -0.497 e. The molecule has 0 bridgehead atoms. The average molecular weight is 566 g/mol. The second-order valence-electron chi connectivity index (χ2n) is 10.1. The van der Waals surface area contributed by atoms with Crippen molar-refractivity contribution in [1.82, 2.24) is 5.32 Å². The summed E-state index contributed by atoms with van der Waals surface area (Å²) in [6.45, 7) is 6.27. The van der Waals surface area contributed by atoms with Gasteiger partial charge in [0.2, 0.25) is 11.8 Å². The molecule has 1 heterocycles. The van der Waals surface area contributed by atoms with Gasteiger partial charge in [0.25, 0.3) is 5.91 Å². The summed E-state index contributed by atoms with van der Waals surface area (Å²) in [5.41, 5.74) is 3.80. The van der Waals surface area contributed by atoms with Gasteiger partial charge in [-0.1, -0.05) is 55.8 Å². The van der Waals surface area contributed by atoms with Gasteiger partial charge in [-0.2, -0.15) is 0 Å². The summed E-state index contributed by atoms with van der Waals surface area (Å²) in [7, 11) is 1.56. The van der Waals surface area contributed by atoms with Crippen LogP contribution in [-0.4, -0.2) is 24.8 Å². The minimum absolute atomic E-state index is 0.155. The highest BCUT2D eigenvalue weighted by Crippen LogP contribution is 2.30. The van der Waals surface area contributed by atoms with Crippen molar-refractivity contribution in [1.29, 1.82) is 0 Å². The zero-order valence-electron chi connectivity index (χ0n) is 24.2. The number of hydrogen-bond acceptors (Lipinski definition) is 5. The Bertz CT molecular complexity index is 1510. The van der Waals surface area contributed by atoms with E-state index in [0.29, 0.717) is 28.4 Å². The van der Waals surface area contributed by atoms with Gasteiger partial charge in [-0.15, -0.1) is 0 Å². The predicted molar refractivity (Wildman–Crippen MR) is 163 cm³/mol. The van der Waals surface area contributed by atoms with Crippen molar-refractivity contribution in [3.8, 4) is 5.75 Å². The highest BCUT2D eigenvalue weighted by molar-refractivity contribution is 6.10. The van der Waals surface area contributed by atoms with E-state index >= 15 is 0 Å². The van der Waals surface area contributed by atoms with E-state index in [4.69, 9.17) is 9.15 Å². The summed E-state index contributed by atoms with van der Waals surface area (Å²) < 4.78 is 10.5. The fourth-order valence-corrected chi connectivity index (χ4v) is 4.36. The third-order valence-corrected chi connectivity index (χ3v) is 6.73. The van der Waals surface area contributed by atoms with E-state index in [0.717, 1.165) is 17.2 Å². The van der Waals surface area contributed by atoms with Crippen LogP contribution in [0.4, 0.5) is 11.4 Å². The fourth-order valence-electron chi connectivity index (χ4n) is 4.36. The first-order valence-corrected chi connectivity index (χ1v) is 13.7. The number of rotatable bonds is 11. The summed E-state index contributed by atoms with van der Waals surface area (Å²) in [5.74, 6) is 0.112. The molecule has 216 valence electrons. The molecule has 0 radical (unpaired) electrons. The number of hydrogen-bond donors (Lipinski definition) is 2. The molecule has 0 spiro atoms. The first-order chi connectivity index (χ1) is 20.2. The van der Waals surface area contributed by atoms with Gasteiger partial charge in [0, 0.05) is 23.5 Å². The molecule has 42 heavy (non-hydrogen) atoms. The number of carbonyl (C=O) groups excluding carboxylic acids is 3. The van der Waals surface area contributed by atoms with Gasteiger partial charge in [0.1, 0.15) is 17.6 Å². The first kappa shape index (κ1) is 29.9. The van der Waals surface area contributed by atoms with Crippen LogP contribution in [0.2, 0.25) is 0 Å². The van der Waals surface area contributed by atoms with Gasteiger partial charge in [0.15, 0.2) is 0 Å². The summed E-state index contributed by atoms with van der Waals surface area (Å²) >= 11 is 0. The van der Waals surface area contributed by atoms with Crippen LogP contribution in [0.3, 0.4) is 0 Å². The lowest BCUT2D eigenvalue weighted by atomic mass is 9.99. The van der Waals surface area contributed by atoms with Crippen molar-refractivity contribution in [3.63, 3.8) is 0 Å². The molecule has 4 rings (SSSR count). The third-order valence-electron chi connectivity index (χ3n) is 6.73. The molecule has 0 unspecified atom stereocenters. The van der Waals surface area contributed by atoms with E-state index < -0.39 is 23.8 Å². The molecule has 3 aromatic carbocycles. The predicted octanol–water partition coefficient (Wildman–Crippen LogP) is 6.31. The monoisotopic (exact) mass is 565 g/mol. The number of ether oxygens (including phenoxy) is 1. The maximum Gasteiger partial charge on any atom is 0.252 e. The van der Waals surface area contributed by atoms with Gasteiger partial charge in [-0.25, -0.2) is 0 Å². The Balaban J connectivity index is 1.67. The number of benzene rings is 3. The smallest absolute Gasteiger partial charge is 0.252 e. The lowest BCUT2D eigenvalue weighted by Crippen LogP contribution is -2.43. The Morgan fingerprint density at radius 1 is 0.881 bits per heavy atom. The zero-order chi connectivity index (χ0) is 30.1. The van der Waals surface area contributed by atoms with Crippen molar-refractivity contribution in [2.24, 2.45) is 0 Å². The van der Waals surface area contributed by atoms with Crippen LogP contribution in [0.25, 0.3) is 0 Å². The van der Waals surface area contributed by atoms with Crippen LogP contribution in [0.1, 0.15) is 48.3 Å². The van der Waals surface area contributed by atoms with Crippen molar-refractivity contribution >= 4 is 29.1 Å². The molecule has 0 aliphatic heterocycles. The largest absolute Gasteiger partial charge is 0.497 e. The van der Waals surface area contributed by atoms with Crippen LogP contribution >= 0.6 is 0 Å². The molecule has 1 aromatic heterocycles. The Kier molecular flexibility index (Phi) is 9.94. The van der Waals surface area contributed by atoms with Gasteiger partial charge in [0.05, 0.1) is 19.9 Å². The van der Waals surface area contributed by atoms with Gasteiger partial charge < -0.3 is 19.8 Å². The molecular weight excluding hydrogens is 530 g/mol. The van der Waals surface area contributed by atoms with Crippen molar-refractivity contribution < 1.29 is 23.5 Å². The SMILES string of the molecule is COc1ccc(NC(=O)/C=C\C(=O)N(c2ccc(C(C)C)cc2)[C@H](C(=O)NCc2ccco2)c2ccc(C)cc2)cc1. The number of aryl methyl sites for hydroxylation is 1. The van der Waals surface area contributed by atoms with Crippen molar-refractivity contribution in [2.45, 2.75) is 39.3 Å². The Hall–Kier alpha value is -5.11. The molecule has 1 atom stereocenters. The third kappa shape index (κ3) is 7.75. The van der Waals surface area contributed by atoms with Crippen LogP contribution < -0.4 is 20.3 Å². The lowest BCUT2D eigenvalue weighted by molar-refractivity contribution is -0.125. The van der Waals surface area contributed by atoms with Crippen LogP contribution in [0.15, 0.2) is 108 Å². The maximum absolute atomic E-state index is 13.9. The molecule has 0 fully saturated rings. The van der Waals surface area contributed by atoms with E-state index in [-0.39, 0.29) is 12.5 Å². The number of nitrogens with zero attached hydrogens (tertiary/aromatic N) is 1. The van der Waals surface area contributed by atoms with E-state index in [9.17, 15) is 14.4 Å². The highest BCUT2D eigenvalue weighted by atomic mass is 16.5. The molecule has 0 aliphatic carbocycles. The molecule has 0 saturated heterocycles. The van der Waals surface area contributed by atoms with Crippen molar-refractivity contribution in [2.75, 3.05) is 17.3 Å². The van der Waals surface area contributed by atoms with Gasteiger partial charge in [-0.05, 0) is 72.5 Å². The van der Waals surface area contributed by atoms with E-state index in [1.54, 1.807) is 43.5 Å². The molecule has 8 nitrogen and oxygen atoms in total. The second-order valence-corrected chi connectivity index (χ2v) is 10.1. The zero-order valence-corrected chi connectivity index (χ0v) is 24.2. The summed E-state index contributed by atoms with van der Waals surface area (Å²) in [6, 6.07) is 24.3. The van der Waals surface area contributed by atoms with Gasteiger partial charge >= 0.3 is 0 Å². The molecule has 0 aliphatic rings. The Morgan fingerprint density at radius 3 is 2.14 bits per heavy atom. The molecule has 3 amide bonds. The summed E-state index contributed by atoms with van der Waals surface area (Å²) in [6.07, 6.45) is 3.87. The molecule has 4 aromatic rings. The minimum atomic E-state index is -1.02. The van der Waals surface area contributed by atoms with E-state index in [1.165, 1.54) is 17.2 Å². The van der Waals surface area contributed by atoms with Crippen LogP contribution in [0.5, 0.6) is 5.75 Å². The Morgan fingerprint density at radius 2 is 1.55 bits per heavy atom. The van der Waals surface area contributed by atoms with E-state index in [1.807, 2.05) is 55.5 Å². The van der Waals surface area contributed by atoms with Crippen molar-refractivity contribution in [3.05, 3.63) is 126 Å². The van der Waals surface area contributed by atoms with Crippen LogP contribution in [0, 0.1) is 6.92 Å². The quantitative estimate of drug-likeness (QED) is 0.208. The molecule has 0 saturated carbocycles. The number of anilines is 2. The second kappa shape index (κ2) is 14.0. The number of carbonyl (C=O) groups is 3. The normalized spacial score (nSPS) is 11.7. The standard InChI is InChI=1S/C34H35N3O5/c1-23(2)25-11-15-28(16-12-25)37(32(39)20-19-31(38)36-27-13-17-29(41-4)18-14-27)33(26-9-7-24(3)8-10-26)34(40)35-22-30-6-5-21-42-30/h5-21,23,33H,22H2,1-4H3,(H,35,40)(H,36,38)/b20-19-/t33-/m0/s1. The lowest BCUT2D eigenvalue weighted by Gasteiger charge is -2.31. The maximum atomic E-state index is 13.9. The highest BCUT2D eigenvalue weighted by Gasteiger charge is 2.32. The summed E-state index contributed by atoms with van der Waals surface area (Å²) in [4.78, 5) is 41.8. The number of methoxy groups -OCH3 is 1. The number of amides is 3. The summed E-state index contributed by atoms with van der Waals surface area (Å²) in [5, 5.41) is 5.63. The number of nitrogens with one attached hydrogen (secondary N) is 2. The van der Waals surface area contributed by atoms with E-state index in [2.05, 4.69) is 24.5 Å². The molecular formula is C34H35N3O5. The number of furan rings is 1. The van der Waals surface area contributed by atoms with Gasteiger partial charge in [-0.3, -0.25) is 19.3 Å². The first-order valence-electron chi connectivity index (χ1n) is 13.7. The Labute approximate surface area is 246 Å². The fraction of sp³-hybridized carbons (Fsp3) is 0.206. The topological polar surface area (TPSA) is 101 Å². The molecule has 8 heteroatoms. The van der Waals surface area contributed by atoms with Crippen LogP contribution in [-0.2, 0) is 20.9 Å².